The van der Waals surface area contributed by atoms with Gasteiger partial charge in [-0.1, -0.05) is 13.3 Å². The third-order valence-corrected chi connectivity index (χ3v) is 3.71. The fraction of sp³-hybridized carbons (Fsp3) is 0.526. The molecule has 0 aliphatic rings. The van der Waals surface area contributed by atoms with Crippen molar-refractivity contribution in [3.63, 3.8) is 0 Å². The molecule has 0 bridgehead atoms. The average molecular weight is 358 g/mol. The van der Waals surface area contributed by atoms with E-state index in [1.165, 1.54) is 6.42 Å². The van der Waals surface area contributed by atoms with Gasteiger partial charge < -0.3 is 15.4 Å². The van der Waals surface area contributed by atoms with Crippen molar-refractivity contribution < 1.29 is 4.74 Å². The number of ether oxygens (including phenoxy) is 1. The first-order chi connectivity index (χ1) is 12.8. The van der Waals surface area contributed by atoms with Crippen LogP contribution in [0.25, 0.3) is 5.82 Å². The van der Waals surface area contributed by atoms with E-state index < -0.39 is 0 Å². The van der Waals surface area contributed by atoms with Gasteiger partial charge in [-0.2, -0.15) is 5.10 Å². The van der Waals surface area contributed by atoms with Gasteiger partial charge >= 0.3 is 0 Å². The molecule has 0 spiro atoms. The molecule has 2 aromatic heterocycles. The van der Waals surface area contributed by atoms with E-state index in [9.17, 15) is 0 Å². The van der Waals surface area contributed by atoms with Crippen LogP contribution in [0.4, 0.5) is 0 Å². The number of guanidine groups is 1. The summed E-state index contributed by atoms with van der Waals surface area (Å²) in [6.07, 6.45) is 8.68. The monoisotopic (exact) mass is 358 g/mol. The fourth-order valence-electron chi connectivity index (χ4n) is 2.33. The van der Waals surface area contributed by atoms with Crippen molar-refractivity contribution in [1.29, 1.82) is 0 Å². The number of rotatable bonds is 11. The van der Waals surface area contributed by atoms with E-state index in [2.05, 4.69) is 39.6 Å². The van der Waals surface area contributed by atoms with E-state index in [4.69, 9.17) is 4.74 Å². The molecule has 0 unspecified atom stereocenters. The maximum absolute atomic E-state index is 5.58. The predicted molar refractivity (Wildman–Crippen MR) is 105 cm³/mol. The predicted octanol–water partition coefficient (Wildman–Crippen LogP) is 2.53. The number of aromatic nitrogens is 3. The van der Waals surface area contributed by atoms with Crippen molar-refractivity contribution in [3.8, 4) is 5.82 Å². The van der Waals surface area contributed by atoms with Gasteiger partial charge in [0, 0.05) is 44.9 Å². The standard InChI is InChI=1S/C19H30N6O/c1-3-5-13-26-14-7-9-22-19(20-4-2)23-16-17-8-11-21-18(15-17)25-12-6-10-24-25/h6,8,10-12,15H,3-5,7,9,13-14,16H2,1-2H3,(H2,20,22,23). The number of hydrogen-bond donors (Lipinski definition) is 2. The van der Waals surface area contributed by atoms with Crippen LogP contribution in [0, 0.1) is 0 Å². The molecule has 0 atom stereocenters. The Labute approximate surface area is 155 Å². The SMILES string of the molecule is CCCCOCCCNC(=NCc1ccnc(-n2cccn2)c1)NCC. The lowest BCUT2D eigenvalue weighted by molar-refractivity contribution is 0.129. The van der Waals surface area contributed by atoms with Crippen LogP contribution in [0.3, 0.4) is 0 Å². The molecule has 0 saturated heterocycles. The number of nitrogens with one attached hydrogen (secondary N) is 2. The molecule has 0 saturated carbocycles. The molecule has 2 heterocycles. The second-order valence-electron chi connectivity index (χ2n) is 5.91. The zero-order valence-electron chi connectivity index (χ0n) is 15.8. The lowest BCUT2D eigenvalue weighted by atomic mass is 10.2. The quantitative estimate of drug-likeness (QED) is 0.367. The summed E-state index contributed by atoms with van der Waals surface area (Å²) in [5.74, 6) is 1.61. The van der Waals surface area contributed by atoms with Gasteiger partial charge in [0.05, 0.1) is 6.54 Å². The van der Waals surface area contributed by atoms with Gasteiger partial charge in [0.2, 0.25) is 0 Å². The van der Waals surface area contributed by atoms with Crippen LogP contribution in [0.15, 0.2) is 41.8 Å². The van der Waals surface area contributed by atoms with Gasteiger partial charge in [-0.3, -0.25) is 0 Å². The molecule has 0 amide bonds. The lowest BCUT2D eigenvalue weighted by Gasteiger charge is -2.11. The van der Waals surface area contributed by atoms with Crippen molar-refractivity contribution >= 4 is 5.96 Å². The Hall–Kier alpha value is -2.41. The average Bonchev–Trinajstić information content (AvgIpc) is 3.20. The van der Waals surface area contributed by atoms with E-state index in [1.54, 1.807) is 17.1 Å². The second-order valence-corrected chi connectivity index (χ2v) is 5.91. The highest BCUT2D eigenvalue weighted by atomic mass is 16.5. The number of pyridine rings is 1. The number of aliphatic imine (C=N–C) groups is 1. The summed E-state index contributed by atoms with van der Waals surface area (Å²) in [5, 5.41) is 10.8. The smallest absolute Gasteiger partial charge is 0.191 e. The van der Waals surface area contributed by atoms with E-state index in [-0.39, 0.29) is 0 Å². The molecule has 7 heteroatoms. The molecule has 0 radical (unpaired) electrons. The number of hydrogen-bond acceptors (Lipinski definition) is 4. The Morgan fingerprint density at radius 2 is 2.08 bits per heavy atom. The molecule has 142 valence electrons. The zero-order chi connectivity index (χ0) is 18.5. The van der Waals surface area contributed by atoms with E-state index >= 15 is 0 Å². The summed E-state index contributed by atoms with van der Waals surface area (Å²) in [6.45, 7) is 8.12. The summed E-state index contributed by atoms with van der Waals surface area (Å²) in [4.78, 5) is 8.99. The molecule has 2 rings (SSSR count). The summed E-state index contributed by atoms with van der Waals surface area (Å²) in [6, 6.07) is 5.86. The van der Waals surface area contributed by atoms with Crippen LogP contribution in [0.2, 0.25) is 0 Å². The molecular weight excluding hydrogens is 328 g/mol. The molecule has 2 N–H and O–H groups in total. The van der Waals surface area contributed by atoms with Crippen LogP contribution in [0.5, 0.6) is 0 Å². The molecule has 0 fully saturated rings. The fourth-order valence-corrected chi connectivity index (χ4v) is 2.33. The van der Waals surface area contributed by atoms with Gasteiger partial charge in [0.15, 0.2) is 11.8 Å². The third-order valence-electron chi connectivity index (χ3n) is 3.71. The first kappa shape index (κ1) is 19.9. The summed E-state index contributed by atoms with van der Waals surface area (Å²) < 4.78 is 7.32. The Kier molecular flexibility index (Phi) is 9.21. The van der Waals surface area contributed by atoms with E-state index in [1.807, 2.05) is 24.4 Å². The second kappa shape index (κ2) is 12.0. The lowest BCUT2D eigenvalue weighted by Crippen LogP contribution is -2.38. The highest BCUT2D eigenvalue weighted by Gasteiger charge is 2.01. The van der Waals surface area contributed by atoms with Crippen LogP contribution in [-0.2, 0) is 11.3 Å². The number of nitrogens with zero attached hydrogens (tertiary/aromatic N) is 4. The van der Waals surface area contributed by atoms with Gasteiger partial charge in [0.1, 0.15) is 0 Å². The maximum Gasteiger partial charge on any atom is 0.191 e. The van der Waals surface area contributed by atoms with Crippen molar-refractivity contribution in [1.82, 2.24) is 25.4 Å². The van der Waals surface area contributed by atoms with Gasteiger partial charge in [0.25, 0.3) is 0 Å². The van der Waals surface area contributed by atoms with Crippen LogP contribution in [0.1, 0.15) is 38.7 Å². The normalized spacial score (nSPS) is 11.5. The largest absolute Gasteiger partial charge is 0.381 e. The topological polar surface area (TPSA) is 76.4 Å². The minimum Gasteiger partial charge on any atom is -0.381 e. The van der Waals surface area contributed by atoms with Crippen molar-refractivity contribution in [3.05, 3.63) is 42.4 Å². The van der Waals surface area contributed by atoms with E-state index in [0.717, 1.165) is 56.5 Å². The first-order valence-electron chi connectivity index (χ1n) is 9.38. The van der Waals surface area contributed by atoms with Crippen molar-refractivity contribution in [2.24, 2.45) is 4.99 Å². The highest BCUT2D eigenvalue weighted by Crippen LogP contribution is 2.07. The first-order valence-corrected chi connectivity index (χ1v) is 9.38. The van der Waals surface area contributed by atoms with Gasteiger partial charge in [-0.15, -0.1) is 0 Å². The minimum absolute atomic E-state index is 0.582. The molecule has 0 aromatic carbocycles. The summed E-state index contributed by atoms with van der Waals surface area (Å²) in [7, 11) is 0. The molecule has 0 aliphatic heterocycles. The zero-order valence-corrected chi connectivity index (χ0v) is 15.8. The molecule has 2 aromatic rings. The number of unbranched alkanes of at least 4 members (excludes halogenated alkanes) is 1. The Morgan fingerprint density at radius 1 is 1.19 bits per heavy atom. The van der Waals surface area contributed by atoms with Crippen LogP contribution < -0.4 is 10.6 Å². The van der Waals surface area contributed by atoms with Crippen molar-refractivity contribution in [2.45, 2.75) is 39.7 Å². The molecule has 0 aliphatic carbocycles. The third kappa shape index (κ3) is 7.23. The van der Waals surface area contributed by atoms with Crippen LogP contribution in [-0.4, -0.2) is 47.0 Å². The summed E-state index contributed by atoms with van der Waals surface area (Å²) >= 11 is 0. The van der Waals surface area contributed by atoms with Crippen LogP contribution >= 0.6 is 0 Å². The highest BCUT2D eigenvalue weighted by molar-refractivity contribution is 5.79. The van der Waals surface area contributed by atoms with Gasteiger partial charge in [-0.05, 0) is 43.5 Å². The molecule has 26 heavy (non-hydrogen) atoms. The van der Waals surface area contributed by atoms with Gasteiger partial charge in [-0.25, -0.2) is 14.7 Å². The summed E-state index contributed by atoms with van der Waals surface area (Å²) in [5.41, 5.74) is 1.09. The Morgan fingerprint density at radius 3 is 2.85 bits per heavy atom. The molecule has 7 nitrogen and oxygen atoms in total. The van der Waals surface area contributed by atoms with Crippen molar-refractivity contribution in [2.75, 3.05) is 26.3 Å². The molecular formula is C19H30N6O. The maximum atomic E-state index is 5.58. The Balaban J connectivity index is 1.81. The minimum atomic E-state index is 0.582. The Bertz CT molecular complexity index is 641. The van der Waals surface area contributed by atoms with E-state index in [0.29, 0.717) is 6.54 Å².